The van der Waals surface area contributed by atoms with E-state index in [9.17, 15) is 9.59 Å². The molecule has 2 aliphatic rings. The van der Waals surface area contributed by atoms with Gasteiger partial charge in [0.2, 0.25) is 5.91 Å². The quantitative estimate of drug-likeness (QED) is 0.747. The summed E-state index contributed by atoms with van der Waals surface area (Å²) in [6.07, 6.45) is 4.18. The first kappa shape index (κ1) is 14.6. The van der Waals surface area contributed by atoms with Crippen LogP contribution < -0.4 is 11.0 Å². The van der Waals surface area contributed by atoms with Crippen molar-refractivity contribution >= 4 is 17.7 Å². The molecule has 1 aliphatic heterocycles. The fourth-order valence-corrected chi connectivity index (χ4v) is 3.18. The van der Waals surface area contributed by atoms with Gasteiger partial charge in [0.25, 0.3) is 0 Å². The van der Waals surface area contributed by atoms with E-state index >= 15 is 0 Å². The largest absolute Gasteiger partial charge is 0.376 e. The van der Waals surface area contributed by atoms with Crippen LogP contribution in [0, 0.1) is 0 Å². The van der Waals surface area contributed by atoms with Crippen LogP contribution in [0.25, 0.3) is 0 Å². The highest BCUT2D eigenvalue weighted by molar-refractivity contribution is 8.00. The van der Waals surface area contributed by atoms with Gasteiger partial charge in [-0.15, -0.1) is 5.10 Å². The normalized spacial score (nSPS) is 23.2. The average Bonchev–Trinajstić information content (AvgIpc) is 3.00. The van der Waals surface area contributed by atoms with Crippen LogP contribution in [0.1, 0.15) is 32.6 Å². The predicted molar refractivity (Wildman–Crippen MR) is 78.3 cm³/mol. The van der Waals surface area contributed by atoms with Gasteiger partial charge in [-0.1, -0.05) is 11.8 Å². The molecule has 1 aromatic rings. The summed E-state index contributed by atoms with van der Waals surface area (Å²) >= 11 is 1.31. The molecular weight excluding hydrogens is 292 g/mol. The zero-order chi connectivity index (χ0) is 14.8. The van der Waals surface area contributed by atoms with Crippen molar-refractivity contribution in [3.05, 3.63) is 10.5 Å². The smallest absolute Gasteiger partial charge is 0.344 e. The van der Waals surface area contributed by atoms with Crippen LogP contribution in [0.5, 0.6) is 0 Å². The molecule has 2 N–H and O–H groups in total. The van der Waals surface area contributed by atoms with Crippen LogP contribution in [-0.2, 0) is 16.1 Å². The Morgan fingerprint density at radius 3 is 3.05 bits per heavy atom. The van der Waals surface area contributed by atoms with E-state index in [0.29, 0.717) is 17.7 Å². The molecule has 2 atom stereocenters. The lowest BCUT2D eigenvalue weighted by atomic mass is 10.2. The number of rotatable bonds is 6. The number of hydrogen-bond donors (Lipinski definition) is 2. The van der Waals surface area contributed by atoms with Crippen molar-refractivity contribution in [2.75, 3.05) is 6.61 Å². The Balaban J connectivity index is 1.63. The number of thioether (sulfide) groups is 1. The minimum Gasteiger partial charge on any atom is -0.376 e. The molecule has 21 heavy (non-hydrogen) atoms. The van der Waals surface area contributed by atoms with E-state index in [1.807, 2.05) is 6.92 Å². The van der Waals surface area contributed by atoms with Gasteiger partial charge in [-0.2, -0.15) is 0 Å². The summed E-state index contributed by atoms with van der Waals surface area (Å²) in [6.45, 7) is 3.08. The van der Waals surface area contributed by atoms with Crippen molar-refractivity contribution in [3.63, 3.8) is 0 Å². The summed E-state index contributed by atoms with van der Waals surface area (Å²) in [5.74, 6) is 0.00150. The molecule has 1 saturated carbocycles. The maximum absolute atomic E-state index is 12.0. The molecule has 1 aliphatic carbocycles. The third kappa shape index (κ3) is 3.68. The molecule has 0 bridgehead atoms. The van der Waals surface area contributed by atoms with Crippen LogP contribution in [-0.4, -0.2) is 44.7 Å². The number of nitrogens with one attached hydrogen (secondary N) is 2. The molecule has 3 rings (SSSR count). The lowest BCUT2D eigenvalue weighted by Gasteiger charge is -2.13. The van der Waals surface area contributed by atoms with Gasteiger partial charge in [-0.25, -0.2) is 9.89 Å². The number of carbonyl (C=O) groups excluding carboxylic acids is 1. The third-order valence-electron chi connectivity index (χ3n) is 3.71. The second-order valence-electron chi connectivity index (χ2n) is 5.60. The molecule has 1 saturated heterocycles. The molecule has 0 radical (unpaired) electrons. The van der Waals surface area contributed by atoms with Crippen molar-refractivity contribution in [3.8, 4) is 0 Å². The standard InChI is InChI=1S/C13H20N4O3S/c1-8(11(18)14-9-4-5-9)21-13-16-15-12(19)17(13)7-10-3-2-6-20-10/h8-10H,2-7H2,1H3,(H,14,18)(H,15,19)/t8-,10-/m0/s1. The van der Waals surface area contributed by atoms with Gasteiger partial charge in [0, 0.05) is 12.6 Å². The second-order valence-corrected chi connectivity index (χ2v) is 6.91. The topological polar surface area (TPSA) is 89.0 Å². The van der Waals surface area contributed by atoms with Gasteiger partial charge < -0.3 is 10.1 Å². The monoisotopic (exact) mass is 312 g/mol. The number of ether oxygens (including phenoxy) is 1. The van der Waals surface area contributed by atoms with Gasteiger partial charge in [-0.05, 0) is 32.6 Å². The molecule has 7 nitrogen and oxygen atoms in total. The molecule has 0 spiro atoms. The summed E-state index contributed by atoms with van der Waals surface area (Å²) in [5.41, 5.74) is -0.247. The molecule has 1 amide bonds. The Morgan fingerprint density at radius 2 is 2.38 bits per heavy atom. The van der Waals surface area contributed by atoms with Gasteiger partial charge in [0.05, 0.1) is 17.9 Å². The number of carbonyl (C=O) groups is 1. The summed E-state index contributed by atoms with van der Waals surface area (Å²) in [5, 5.41) is 9.73. The second kappa shape index (κ2) is 6.23. The highest BCUT2D eigenvalue weighted by Crippen LogP contribution is 2.24. The van der Waals surface area contributed by atoms with Gasteiger partial charge in [0.1, 0.15) is 0 Å². The van der Waals surface area contributed by atoms with Gasteiger partial charge in [-0.3, -0.25) is 9.36 Å². The van der Waals surface area contributed by atoms with Crippen molar-refractivity contribution in [2.45, 2.75) is 61.7 Å². The molecule has 0 aromatic carbocycles. The fourth-order valence-electron chi connectivity index (χ4n) is 2.30. The highest BCUT2D eigenvalue weighted by atomic mass is 32.2. The first-order chi connectivity index (χ1) is 10.1. The fraction of sp³-hybridized carbons (Fsp3) is 0.769. The van der Waals surface area contributed by atoms with Crippen molar-refractivity contribution in [2.24, 2.45) is 0 Å². The van der Waals surface area contributed by atoms with E-state index < -0.39 is 0 Å². The molecule has 116 valence electrons. The number of H-pyrrole nitrogens is 1. The Kier molecular flexibility index (Phi) is 4.34. The summed E-state index contributed by atoms with van der Waals surface area (Å²) < 4.78 is 7.13. The SMILES string of the molecule is C[C@H](Sc1n[nH]c(=O)n1C[C@@H]1CCCO1)C(=O)NC1CC1. The molecule has 8 heteroatoms. The minimum absolute atomic E-state index is 0.00150. The highest BCUT2D eigenvalue weighted by Gasteiger charge is 2.27. The van der Waals surface area contributed by atoms with Crippen molar-refractivity contribution in [1.82, 2.24) is 20.1 Å². The van der Waals surface area contributed by atoms with Crippen LogP contribution in [0.4, 0.5) is 0 Å². The molecular formula is C13H20N4O3S. The van der Waals surface area contributed by atoms with E-state index in [0.717, 1.165) is 32.3 Å². The number of hydrogen-bond acceptors (Lipinski definition) is 5. The zero-order valence-corrected chi connectivity index (χ0v) is 12.8. The van der Waals surface area contributed by atoms with Crippen molar-refractivity contribution < 1.29 is 9.53 Å². The Hall–Kier alpha value is -1.28. The Morgan fingerprint density at radius 1 is 1.57 bits per heavy atom. The first-order valence-electron chi connectivity index (χ1n) is 7.37. The van der Waals surface area contributed by atoms with Crippen LogP contribution in [0.3, 0.4) is 0 Å². The number of aromatic nitrogens is 3. The van der Waals surface area contributed by atoms with Crippen molar-refractivity contribution in [1.29, 1.82) is 0 Å². The van der Waals surface area contributed by atoms with E-state index in [1.165, 1.54) is 11.8 Å². The summed E-state index contributed by atoms with van der Waals surface area (Å²) in [7, 11) is 0. The van der Waals surface area contributed by atoms with E-state index in [1.54, 1.807) is 4.57 Å². The Bertz CT molecular complexity index is 560. The number of aromatic amines is 1. The van der Waals surface area contributed by atoms with Crippen LogP contribution in [0.15, 0.2) is 9.95 Å². The van der Waals surface area contributed by atoms with Crippen LogP contribution in [0.2, 0.25) is 0 Å². The van der Waals surface area contributed by atoms with Gasteiger partial charge >= 0.3 is 5.69 Å². The maximum Gasteiger partial charge on any atom is 0.344 e. The first-order valence-corrected chi connectivity index (χ1v) is 8.25. The lowest BCUT2D eigenvalue weighted by Crippen LogP contribution is -2.33. The van der Waals surface area contributed by atoms with E-state index in [-0.39, 0.29) is 23.0 Å². The Labute approximate surface area is 126 Å². The van der Waals surface area contributed by atoms with E-state index in [2.05, 4.69) is 15.5 Å². The molecule has 1 aromatic heterocycles. The summed E-state index contributed by atoms with van der Waals surface area (Å²) in [4.78, 5) is 23.8. The zero-order valence-electron chi connectivity index (χ0n) is 12.0. The number of nitrogens with zero attached hydrogens (tertiary/aromatic N) is 2. The molecule has 2 heterocycles. The average molecular weight is 312 g/mol. The number of amides is 1. The summed E-state index contributed by atoms with van der Waals surface area (Å²) in [6, 6.07) is 0.341. The van der Waals surface area contributed by atoms with E-state index in [4.69, 9.17) is 4.74 Å². The predicted octanol–water partition coefficient (Wildman–Crippen LogP) is 0.510. The molecule has 2 fully saturated rings. The minimum atomic E-state index is -0.274. The lowest BCUT2D eigenvalue weighted by molar-refractivity contribution is -0.120. The third-order valence-corrected chi connectivity index (χ3v) is 4.80. The van der Waals surface area contributed by atoms with Gasteiger partial charge in [0.15, 0.2) is 5.16 Å². The molecule has 0 unspecified atom stereocenters. The van der Waals surface area contributed by atoms with Crippen LogP contribution >= 0.6 is 11.8 Å². The maximum atomic E-state index is 12.0.